The summed E-state index contributed by atoms with van der Waals surface area (Å²) in [7, 11) is 6.37. The molecule has 0 radical (unpaired) electrons. The molecule has 4 aliphatic heterocycles. The Kier molecular flexibility index (Phi) is 36.0. The molecule has 1 aliphatic carbocycles. The molecule has 34 nitrogen and oxygen atoms in total. The SMILES string of the molecule is CO[C@H]1C[C@@H]2CC[C@@H](C)[C@@](O)(O2)C(=O)C(=O)N2CCCC[C@H]2C(=O)O[C@H]([C@H](C)C[C@@H]2CC[C@@H](O)[C@H](OC)C2)C[C@@H](OC)[C@H](C)/C=C(\C)[C@@H](O)[C@@H](OC)C2=[N+](OCc3cn(CCOCCOCCOCCOCCNC(=O)CCCC(=O)NCCCCn4nc(-c5ccc6oc(N)nc6c5)c5c(N)ncnc54)nn3)\C(=C/C=C/C=C/1C)[C@@H](C)C[C@H]2C. The van der Waals surface area contributed by atoms with Gasteiger partial charge in [-0.25, -0.2) is 24.1 Å². The highest BCUT2D eigenvalue weighted by Gasteiger charge is 2.54. The number of cyclic esters (lactones) is 1. The van der Waals surface area contributed by atoms with Crippen LogP contribution >= 0.6 is 0 Å². The Morgan fingerprint density at radius 1 is 0.758 bits per heavy atom. The highest BCUT2D eigenvalue weighted by atomic mass is 16.7. The molecule has 10 rings (SSSR count). The summed E-state index contributed by atoms with van der Waals surface area (Å²) >= 11 is 0. The molecule has 16 atom stereocenters. The van der Waals surface area contributed by atoms with Crippen LogP contribution < -0.4 is 22.1 Å². The number of aromatic nitrogens is 8. The van der Waals surface area contributed by atoms with Gasteiger partial charge in [0, 0.05) is 120 Å². The first kappa shape index (κ1) is 93.7. The number of aliphatic hydroxyl groups is 3. The van der Waals surface area contributed by atoms with Gasteiger partial charge in [-0.1, -0.05) is 64.1 Å². The molecule has 9 N–H and O–H groups in total. The molecular formula is C86H129N14O20+. The fourth-order valence-electron chi connectivity index (χ4n) is 17.0. The van der Waals surface area contributed by atoms with Gasteiger partial charge in [0.2, 0.25) is 35.6 Å². The molecule has 3 amide bonds. The lowest BCUT2D eigenvalue weighted by Gasteiger charge is -2.43. The monoisotopic (exact) mass is 1680 g/mol. The second kappa shape index (κ2) is 46.1. The van der Waals surface area contributed by atoms with Crippen molar-refractivity contribution in [3.8, 4) is 11.3 Å². The number of aryl methyl sites for hydroxylation is 1. The van der Waals surface area contributed by atoms with Crippen molar-refractivity contribution in [1.29, 1.82) is 0 Å². The zero-order valence-electron chi connectivity index (χ0n) is 71.8. The Bertz CT molecular complexity index is 4330. The highest BCUT2D eigenvalue weighted by molar-refractivity contribution is 6.39. The van der Waals surface area contributed by atoms with Crippen LogP contribution in [0.25, 0.3) is 33.4 Å². The van der Waals surface area contributed by atoms with Gasteiger partial charge in [-0.2, -0.15) is 10.1 Å². The number of nitrogens with one attached hydrogen (secondary N) is 2. The second-order valence-corrected chi connectivity index (χ2v) is 32.7. The van der Waals surface area contributed by atoms with Crippen molar-refractivity contribution in [3.05, 3.63) is 83.6 Å². The number of aliphatic hydroxyl groups excluding tert-OH is 2. The number of anilines is 2. The van der Waals surface area contributed by atoms with Gasteiger partial charge < -0.3 is 94.1 Å². The minimum absolute atomic E-state index is 0.00579. The Hall–Kier alpha value is -8.52. The van der Waals surface area contributed by atoms with Crippen LogP contribution in [0.4, 0.5) is 11.8 Å². The number of ketones is 1. The number of hydroxylamine groups is 1. The highest BCUT2D eigenvalue weighted by Crippen LogP contribution is 2.40. The van der Waals surface area contributed by atoms with Gasteiger partial charge in [0.05, 0.1) is 102 Å². The van der Waals surface area contributed by atoms with E-state index in [1.54, 1.807) is 61.7 Å². The number of allylic oxidation sites excluding steroid dienone is 5. The topological polar surface area (TPSA) is 430 Å². The molecule has 4 bridgehead atoms. The molecule has 1 aromatic carbocycles. The Labute approximate surface area is 702 Å². The van der Waals surface area contributed by atoms with Gasteiger partial charge in [-0.3, -0.25) is 24.0 Å². The van der Waals surface area contributed by atoms with E-state index in [9.17, 15) is 39.3 Å². The largest absolute Gasteiger partial charge is 0.460 e. The first-order chi connectivity index (χ1) is 57.8. The average Bonchev–Trinajstić information content (AvgIpc) is 1.49. The molecule has 2 saturated heterocycles. The third-order valence-corrected chi connectivity index (χ3v) is 23.9. The van der Waals surface area contributed by atoms with Crippen molar-refractivity contribution < 1.29 is 101 Å². The number of unbranched alkanes of at least 4 members (excludes halogenated alkanes) is 1. The number of hydrogen-bond acceptors (Lipinski definition) is 28. The number of benzene rings is 1. The number of rotatable bonds is 35. The summed E-state index contributed by atoms with van der Waals surface area (Å²) in [5, 5.41) is 55.8. The summed E-state index contributed by atoms with van der Waals surface area (Å²) in [6.45, 7) is 18.3. The number of nitrogens with zero attached hydrogens (tertiary/aromatic N) is 10. The molecule has 662 valence electrons. The lowest BCUT2D eigenvalue weighted by Crippen LogP contribution is -2.61. The molecule has 5 aliphatic rings. The van der Waals surface area contributed by atoms with Gasteiger partial charge in [0.15, 0.2) is 17.3 Å². The maximum atomic E-state index is 14.9. The van der Waals surface area contributed by atoms with Crippen LogP contribution in [-0.4, -0.2) is 261 Å². The van der Waals surface area contributed by atoms with E-state index in [4.69, 9.17) is 73.2 Å². The number of piperidine rings is 1. The first-order valence-electron chi connectivity index (χ1n) is 42.7. The molecule has 4 aromatic heterocycles. The Balaban J connectivity index is 0.676. The summed E-state index contributed by atoms with van der Waals surface area (Å²) in [4.78, 5) is 90.1. The summed E-state index contributed by atoms with van der Waals surface area (Å²) in [5.74, 6) is -6.57. The number of methoxy groups -OCH3 is 4. The molecule has 8 heterocycles. The second-order valence-electron chi connectivity index (χ2n) is 32.7. The summed E-state index contributed by atoms with van der Waals surface area (Å²) in [5.41, 5.74) is 18.7. The molecule has 0 spiro atoms. The zero-order chi connectivity index (χ0) is 86.0. The lowest BCUT2D eigenvalue weighted by molar-refractivity contribution is -0.767. The van der Waals surface area contributed by atoms with E-state index in [2.05, 4.69) is 49.7 Å². The number of fused-ring (bicyclic) bond motifs is 6. The maximum Gasteiger partial charge on any atom is 0.329 e. The average molecular weight is 1680 g/mol. The molecule has 3 fully saturated rings. The van der Waals surface area contributed by atoms with E-state index >= 15 is 0 Å². The van der Waals surface area contributed by atoms with Crippen LogP contribution in [0.3, 0.4) is 0 Å². The maximum absolute atomic E-state index is 14.9. The standard InChI is InChI=1S/C86H128N14O20/c1-53-19-12-13-20-65-54(2)43-57(5)77(79(112-11)78(104)58(6)44-55(3)70(110-9)49-71(56(4)45-60-25-28-67(101)72(46-60)111-10)118-84(107)66-21-14-16-32-98(66)83(106)80(105)86(108)59(7)24-27-63(120-86)48-69(53)109-8)100(65)117-51-62-50-97(96-94-62)34-36-114-38-40-116-42-41-115-39-37-113-35-31-90-74(103)23-18-22-73(102)89-30-15-17-33-99-82-75(81(87)91-52-92-82)76(95-99)61-26-29-68-64(47-61)93-85(88)119-68/h12-13,19-20,26,29,44,47,50,52,54-57,59-60,63,66-67,69-72,78-79,101,104,108H,14-18,21-25,27-28,30-43,45-46,48-49,51H2,1-11H3,(H5-,87,88,89,90,91,92,93,95,102,103)/p+1/b13-12+,53-19+,58-44+,65-20-/t54-,55+,56+,57+,59+,60-,63-,66-,67+,69-,70+,71-,72+,78+,79-,86+/m0/s1. The van der Waals surface area contributed by atoms with E-state index < -0.39 is 78.1 Å². The Morgan fingerprint density at radius 3 is 2.20 bits per heavy atom. The zero-order valence-corrected chi connectivity index (χ0v) is 71.8. The van der Waals surface area contributed by atoms with Crippen molar-refractivity contribution in [3.63, 3.8) is 0 Å². The predicted octanol–water partition coefficient (Wildman–Crippen LogP) is 7.64. The van der Waals surface area contributed by atoms with Crippen molar-refractivity contribution in [2.45, 2.75) is 238 Å². The van der Waals surface area contributed by atoms with Crippen LogP contribution in [0.1, 0.15) is 163 Å². The minimum atomic E-state index is -2.46. The summed E-state index contributed by atoms with van der Waals surface area (Å²) < 4.78 is 70.9. The number of ether oxygens (including phenoxy) is 10. The van der Waals surface area contributed by atoms with Gasteiger partial charge in [-0.05, 0) is 138 Å². The molecule has 5 aromatic rings. The number of hydrogen-bond donors (Lipinski definition) is 7. The number of oxazole rings is 1. The van der Waals surface area contributed by atoms with Gasteiger partial charge in [-0.15, -0.1) is 5.10 Å². The van der Waals surface area contributed by atoms with Crippen LogP contribution in [0, 0.1) is 35.5 Å². The third-order valence-electron chi connectivity index (χ3n) is 23.9. The first-order valence-corrected chi connectivity index (χ1v) is 42.7. The fourth-order valence-corrected chi connectivity index (χ4v) is 17.0. The quantitative estimate of drug-likeness (QED) is 0.00673. The predicted molar refractivity (Wildman–Crippen MR) is 444 cm³/mol. The number of esters is 1. The van der Waals surface area contributed by atoms with Crippen LogP contribution in [0.15, 0.2) is 82.4 Å². The normalized spacial score (nSPS) is 28.4. The van der Waals surface area contributed by atoms with Crippen molar-refractivity contribution in [2.75, 3.05) is 112 Å². The minimum Gasteiger partial charge on any atom is -0.460 e. The third kappa shape index (κ3) is 25.3. The Morgan fingerprint density at radius 2 is 1.48 bits per heavy atom. The van der Waals surface area contributed by atoms with Gasteiger partial charge >= 0.3 is 5.97 Å². The van der Waals surface area contributed by atoms with E-state index in [0.717, 1.165) is 23.3 Å². The van der Waals surface area contributed by atoms with Crippen LogP contribution in [0.2, 0.25) is 0 Å². The van der Waals surface area contributed by atoms with Crippen molar-refractivity contribution in [1.82, 2.24) is 55.3 Å². The molecule has 34 heteroatoms. The van der Waals surface area contributed by atoms with Crippen LogP contribution in [0.5, 0.6) is 0 Å². The van der Waals surface area contributed by atoms with Gasteiger partial charge in [0.1, 0.15) is 47.3 Å². The fraction of sp³-hybridized carbons (Fsp3) is 0.674. The van der Waals surface area contributed by atoms with E-state index in [1.807, 2.05) is 70.2 Å². The number of amides is 3. The van der Waals surface area contributed by atoms with E-state index in [1.165, 1.54) is 11.2 Å². The number of Topliss-reactive ketones (excluding diaryl/α,β-unsaturated/α-hetero) is 1. The van der Waals surface area contributed by atoms with Crippen molar-refractivity contribution in [2.24, 2.45) is 35.5 Å². The summed E-state index contributed by atoms with van der Waals surface area (Å²) in [6, 6.07) is 4.43. The van der Waals surface area contributed by atoms with Crippen molar-refractivity contribution >= 4 is 69.2 Å². The molecular weight excluding hydrogens is 1550 g/mol. The smallest absolute Gasteiger partial charge is 0.329 e. The number of nitrogen functional groups attached to an aromatic ring is 2. The van der Waals surface area contributed by atoms with E-state index in [0.29, 0.717) is 200 Å². The lowest BCUT2D eigenvalue weighted by atomic mass is 9.78. The molecule has 120 heavy (non-hydrogen) atoms. The van der Waals surface area contributed by atoms with E-state index in [-0.39, 0.29) is 98.8 Å². The number of nitrogens with two attached hydrogens (primary N) is 2. The summed E-state index contributed by atoms with van der Waals surface area (Å²) in [6.07, 6.45) is 15.8. The van der Waals surface area contributed by atoms with Crippen LogP contribution in [-0.2, 0) is 95.9 Å². The molecule has 0 unspecified atom stereocenters. The number of carbonyl (C=O) groups is 5. The number of carbonyl (C=O) groups excluding carboxylic acids is 5. The van der Waals surface area contributed by atoms with Gasteiger partial charge in [0.25, 0.3) is 17.7 Å². The molecule has 1 saturated carbocycles.